The maximum absolute atomic E-state index is 11.2. The molecule has 3 heteroatoms. The van der Waals surface area contributed by atoms with Crippen LogP contribution < -0.4 is 5.73 Å². The van der Waals surface area contributed by atoms with Crippen LogP contribution in [0.25, 0.3) is 0 Å². The zero-order valence-corrected chi connectivity index (χ0v) is 10.3. The third-order valence-electron chi connectivity index (χ3n) is 1.44. The van der Waals surface area contributed by atoms with Crippen molar-refractivity contribution in [2.24, 2.45) is 5.73 Å². The Bertz CT molecular complexity index is 283. The molecular weight excluding hydrogens is 202 g/mol. The Labute approximate surface area is 97.7 Å². The monoisotopic (exact) mass is 223 g/mol. The van der Waals surface area contributed by atoms with Crippen molar-refractivity contribution in [3.8, 4) is 0 Å². The normalized spacial score (nSPS) is 13.0. The van der Waals surface area contributed by atoms with E-state index in [1.54, 1.807) is 12.2 Å². The van der Waals surface area contributed by atoms with Crippen LogP contribution in [-0.2, 0) is 9.53 Å². The lowest BCUT2D eigenvalue weighted by Crippen LogP contribution is -2.22. The predicted molar refractivity (Wildman–Crippen MR) is 66.9 cm³/mol. The molecule has 0 aromatic carbocycles. The van der Waals surface area contributed by atoms with Gasteiger partial charge in [0.25, 0.3) is 0 Å². The van der Waals surface area contributed by atoms with Crippen molar-refractivity contribution >= 4 is 5.97 Å². The Kier molecular flexibility index (Phi) is 7.21. The molecule has 0 fully saturated rings. The van der Waals surface area contributed by atoms with Crippen molar-refractivity contribution in [3.63, 3.8) is 0 Å². The highest BCUT2D eigenvalue weighted by molar-refractivity contribution is 5.82. The van der Waals surface area contributed by atoms with E-state index in [1.807, 2.05) is 39.0 Å². The van der Waals surface area contributed by atoms with Crippen LogP contribution in [0.15, 0.2) is 36.5 Å². The summed E-state index contributed by atoms with van der Waals surface area (Å²) in [5, 5.41) is 0. The van der Waals surface area contributed by atoms with Crippen LogP contribution in [0.5, 0.6) is 0 Å². The van der Waals surface area contributed by atoms with Crippen molar-refractivity contribution in [3.05, 3.63) is 36.5 Å². The molecule has 0 amide bonds. The largest absolute Gasteiger partial charge is 0.457 e. The van der Waals surface area contributed by atoms with Gasteiger partial charge in [0.2, 0.25) is 0 Å². The topological polar surface area (TPSA) is 52.3 Å². The molecule has 2 N–H and O–H groups in total. The molecule has 0 aromatic rings. The van der Waals surface area contributed by atoms with Crippen LogP contribution in [0.4, 0.5) is 0 Å². The molecule has 0 aliphatic heterocycles. The van der Waals surface area contributed by atoms with E-state index in [1.165, 1.54) is 6.08 Å². The van der Waals surface area contributed by atoms with E-state index in [4.69, 9.17) is 10.5 Å². The van der Waals surface area contributed by atoms with Crippen LogP contribution in [-0.4, -0.2) is 18.1 Å². The molecule has 16 heavy (non-hydrogen) atoms. The van der Waals surface area contributed by atoms with Gasteiger partial charge in [-0.05, 0) is 33.7 Å². The summed E-state index contributed by atoms with van der Waals surface area (Å²) in [4.78, 5) is 11.2. The number of rotatable bonds is 5. The van der Waals surface area contributed by atoms with Gasteiger partial charge in [-0.1, -0.05) is 30.4 Å². The number of ether oxygens (including phenoxy) is 1. The minimum absolute atomic E-state index is 0.330. The highest BCUT2D eigenvalue weighted by Gasteiger charge is 2.13. The average molecular weight is 223 g/mol. The first-order chi connectivity index (χ1) is 7.45. The van der Waals surface area contributed by atoms with E-state index >= 15 is 0 Å². The standard InChI is InChI=1S/C13H21NO2/c1-13(2,3)16-12(15)10-8-6-4-5-7-9-11-14/h4-8,10H,9,11,14H2,1-3H3/b6-4+,7-5+,10-8+. The number of carbonyl (C=O) groups excluding carboxylic acids is 1. The summed E-state index contributed by atoms with van der Waals surface area (Å²) >= 11 is 0. The third-order valence-corrected chi connectivity index (χ3v) is 1.44. The quantitative estimate of drug-likeness (QED) is 0.442. The summed E-state index contributed by atoms with van der Waals surface area (Å²) in [5.41, 5.74) is 4.88. The molecule has 0 unspecified atom stereocenters. The summed E-state index contributed by atoms with van der Waals surface area (Å²) < 4.78 is 5.09. The van der Waals surface area contributed by atoms with Gasteiger partial charge < -0.3 is 10.5 Å². The fourth-order valence-corrected chi connectivity index (χ4v) is 0.869. The molecule has 0 spiro atoms. The smallest absolute Gasteiger partial charge is 0.331 e. The average Bonchev–Trinajstić information content (AvgIpc) is 2.13. The second-order valence-corrected chi connectivity index (χ2v) is 4.28. The summed E-state index contributed by atoms with van der Waals surface area (Å²) in [6.07, 6.45) is 11.4. The molecular formula is C13H21NO2. The Hall–Kier alpha value is -1.35. The van der Waals surface area contributed by atoms with Crippen LogP contribution in [0, 0.1) is 0 Å². The maximum atomic E-state index is 11.2. The first kappa shape index (κ1) is 14.6. The Morgan fingerprint density at radius 2 is 1.81 bits per heavy atom. The van der Waals surface area contributed by atoms with Crippen molar-refractivity contribution in [2.75, 3.05) is 6.54 Å². The van der Waals surface area contributed by atoms with Gasteiger partial charge in [0.15, 0.2) is 0 Å². The van der Waals surface area contributed by atoms with Crippen LogP contribution in [0.2, 0.25) is 0 Å². The Balaban J connectivity index is 3.88. The maximum Gasteiger partial charge on any atom is 0.331 e. The molecule has 0 aliphatic carbocycles. The van der Waals surface area contributed by atoms with E-state index in [-0.39, 0.29) is 5.97 Å². The zero-order valence-electron chi connectivity index (χ0n) is 10.3. The third kappa shape index (κ3) is 10.7. The highest BCUT2D eigenvalue weighted by atomic mass is 16.6. The van der Waals surface area contributed by atoms with Gasteiger partial charge >= 0.3 is 5.97 Å². The molecule has 0 radical (unpaired) electrons. The zero-order chi connectivity index (χ0) is 12.4. The van der Waals surface area contributed by atoms with E-state index in [0.717, 1.165) is 6.42 Å². The number of carbonyl (C=O) groups is 1. The molecule has 0 heterocycles. The van der Waals surface area contributed by atoms with Crippen molar-refractivity contribution < 1.29 is 9.53 Å². The highest BCUT2D eigenvalue weighted by Crippen LogP contribution is 2.06. The molecule has 0 aliphatic rings. The molecule has 0 aromatic heterocycles. The van der Waals surface area contributed by atoms with Crippen LogP contribution in [0.1, 0.15) is 27.2 Å². The minimum atomic E-state index is -0.438. The fourth-order valence-electron chi connectivity index (χ4n) is 0.869. The fraction of sp³-hybridized carbons (Fsp3) is 0.462. The molecule has 0 saturated carbocycles. The molecule has 0 atom stereocenters. The Morgan fingerprint density at radius 1 is 1.19 bits per heavy atom. The lowest BCUT2D eigenvalue weighted by Gasteiger charge is -2.17. The number of esters is 1. The second-order valence-electron chi connectivity index (χ2n) is 4.28. The first-order valence-corrected chi connectivity index (χ1v) is 5.38. The SMILES string of the molecule is CC(C)(C)OC(=O)/C=C/C=C/C=C/CCN. The lowest BCUT2D eigenvalue weighted by molar-refractivity contribution is -0.148. The molecule has 0 rings (SSSR count). The van der Waals surface area contributed by atoms with Gasteiger partial charge in [-0.3, -0.25) is 0 Å². The summed E-state index contributed by atoms with van der Waals surface area (Å²) in [6, 6.07) is 0. The summed E-state index contributed by atoms with van der Waals surface area (Å²) in [6.45, 7) is 6.16. The van der Waals surface area contributed by atoms with Gasteiger partial charge in [-0.15, -0.1) is 0 Å². The predicted octanol–water partition coefficient (Wildman–Crippen LogP) is 2.35. The second kappa shape index (κ2) is 7.88. The summed E-state index contributed by atoms with van der Waals surface area (Å²) in [7, 11) is 0. The van der Waals surface area contributed by atoms with Crippen LogP contribution in [0.3, 0.4) is 0 Å². The molecule has 3 nitrogen and oxygen atoms in total. The molecule has 90 valence electrons. The van der Waals surface area contributed by atoms with Gasteiger partial charge in [0.1, 0.15) is 5.60 Å². The van der Waals surface area contributed by atoms with Gasteiger partial charge in [-0.2, -0.15) is 0 Å². The van der Waals surface area contributed by atoms with E-state index in [9.17, 15) is 4.79 Å². The summed E-state index contributed by atoms with van der Waals surface area (Å²) in [5.74, 6) is -0.330. The van der Waals surface area contributed by atoms with E-state index in [2.05, 4.69) is 0 Å². The number of hydrogen-bond donors (Lipinski definition) is 1. The number of hydrogen-bond acceptors (Lipinski definition) is 3. The minimum Gasteiger partial charge on any atom is -0.457 e. The molecule has 0 bridgehead atoms. The lowest BCUT2D eigenvalue weighted by atomic mass is 10.2. The van der Waals surface area contributed by atoms with E-state index in [0.29, 0.717) is 6.54 Å². The van der Waals surface area contributed by atoms with Crippen molar-refractivity contribution in [1.29, 1.82) is 0 Å². The van der Waals surface area contributed by atoms with Gasteiger partial charge in [0, 0.05) is 6.08 Å². The van der Waals surface area contributed by atoms with Gasteiger partial charge in [0.05, 0.1) is 0 Å². The molecule has 0 saturated heterocycles. The first-order valence-electron chi connectivity index (χ1n) is 5.38. The van der Waals surface area contributed by atoms with E-state index < -0.39 is 5.60 Å². The Morgan fingerprint density at radius 3 is 2.38 bits per heavy atom. The van der Waals surface area contributed by atoms with Gasteiger partial charge in [-0.25, -0.2) is 4.79 Å². The van der Waals surface area contributed by atoms with Crippen molar-refractivity contribution in [1.82, 2.24) is 0 Å². The number of nitrogens with two attached hydrogens (primary N) is 1. The van der Waals surface area contributed by atoms with Crippen molar-refractivity contribution in [2.45, 2.75) is 32.8 Å². The number of allylic oxidation sites excluding steroid dienone is 4. The van der Waals surface area contributed by atoms with Crippen LogP contribution >= 0.6 is 0 Å².